The highest BCUT2D eigenvalue weighted by molar-refractivity contribution is 6.31. The lowest BCUT2D eigenvalue weighted by molar-refractivity contribution is 0.0303. The first kappa shape index (κ1) is 19.5. The van der Waals surface area contributed by atoms with E-state index in [2.05, 4.69) is 10.3 Å². The van der Waals surface area contributed by atoms with Gasteiger partial charge in [-0.1, -0.05) is 17.7 Å². The van der Waals surface area contributed by atoms with E-state index >= 15 is 0 Å². The third kappa shape index (κ3) is 4.16. The average molecular weight is 418 g/mol. The van der Waals surface area contributed by atoms with E-state index in [1.807, 2.05) is 0 Å². The van der Waals surface area contributed by atoms with Gasteiger partial charge in [0.25, 0.3) is 5.91 Å². The highest BCUT2D eigenvalue weighted by Gasteiger charge is 2.23. The number of morpholine rings is 1. The lowest BCUT2D eigenvalue weighted by atomic mass is 10.1. The van der Waals surface area contributed by atoms with Gasteiger partial charge in [-0.05, 0) is 24.3 Å². The van der Waals surface area contributed by atoms with Crippen molar-refractivity contribution in [2.45, 2.75) is 6.54 Å². The fourth-order valence-corrected chi connectivity index (χ4v) is 3.47. The first-order valence-electron chi connectivity index (χ1n) is 9.16. The van der Waals surface area contributed by atoms with Crippen LogP contribution in [0.5, 0.6) is 0 Å². The lowest BCUT2D eigenvalue weighted by Gasteiger charge is -2.28. The van der Waals surface area contributed by atoms with Crippen molar-refractivity contribution in [2.24, 2.45) is 0 Å². The van der Waals surface area contributed by atoms with Gasteiger partial charge < -0.3 is 15.0 Å². The van der Waals surface area contributed by atoms with Crippen LogP contribution in [0.2, 0.25) is 5.02 Å². The summed E-state index contributed by atoms with van der Waals surface area (Å²) in [4.78, 5) is 19.2. The number of carbonyl (C=O) groups is 1. The van der Waals surface area contributed by atoms with Crippen LogP contribution in [-0.2, 0) is 11.3 Å². The predicted octanol–water partition coefficient (Wildman–Crippen LogP) is 4.25. The molecule has 1 aliphatic rings. The number of carbonyl (C=O) groups excluding carboxylic acids is 1. The van der Waals surface area contributed by atoms with Gasteiger partial charge in [0.15, 0.2) is 0 Å². The predicted molar refractivity (Wildman–Crippen MR) is 107 cm³/mol. The van der Waals surface area contributed by atoms with Crippen LogP contribution in [0, 0.1) is 11.6 Å². The van der Waals surface area contributed by atoms with Crippen LogP contribution in [0.3, 0.4) is 0 Å². The zero-order valence-corrected chi connectivity index (χ0v) is 16.2. The van der Waals surface area contributed by atoms with Gasteiger partial charge in [-0.3, -0.25) is 9.78 Å². The van der Waals surface area contributed by atoms with E-state index < -0.39 is 11.6 Å². The molecule has 150 valence electrons. The van der Waals surface area contributed by atoms with Gasteiger partial charge in [0.2, 0.25) is 0 Å². The fraction of sp³-hybridized carbons (Fsp3) is 0.238. The summed E-state index contributed by atoms with van der Waals surface area (Å²) in [6.45, 7) is 1.99. The van der Waals surface area contributed by atoms with Gasteiger partial charge in [0.05, 0.1) is 30.0 Å². The maximum absolute atomic E-state index is 14.1. The minimum atomic E-state index is -0.657. The third-order valence-electron chi connectivity index (χ3n) is 4.83. The highest BCUT2D eigenvalue weighted by atomic mass is 35.5. The Kier molecular flexibility index (Phi) is 5.60. The second-order valence-electron chi connectivity index (χ2n) is 6.70. The maximum Gasteiger partial charge on any atom is 0.257 e. The summed E-state index contributed by atoms with van der Waals surface area (Å²) in [7, 11) is 0. The maximum atomic E-state index is 14.1. The smallest absolute Gasteiger partial charge is 0.257 e. The van der Waals surface area contributed by atoms with Crippen molar-refractivity contribution in [1.82, 2.24) is 9.88 Å². The van der Waals surface area contributed by atoms with Crippen LogP contribution in [-0.4, -0.2) is 42.1 Å². The van der Waals surface area contributed by atoms with Crippen LogP contribution < -0.4 is 5.32 Å². The van der Waals surface area contributed by atoms with Gasteiger partial charge >= 0.3 is 0 Å². The van der Waals surface area contributed by atoms with Gasteiger partial charge in [0, 0.05) is 47.9 Å². The van der Waals surface area contributed by atoms with Gasteiger partial charge in [-0.2, -0.15) is 0 Å². The number of halogens is 3. The number of aromatic nitrogens is 1. The Morgan fingerprint density at radius 1 is 1.17 bits per heavy atom. The number of nitrogens with zero attached hydrogens (tertiary/aromatic N) is 2. The van der Waals surface area contributed by atoms with E-state index in [0.29, 0.717) is 53.5 Å². The third-order valence-corrected chi connectivity index (χ3v) is 5.06. The Morgan fingerprint density at radius 2 is 1.97 bits per heavy atom. The number of amides is 1. The zero-order valence-electron chi connectivity index (χ0n) is 15.4. The number of anilines is 1. The number of hydrogen-bond acceptors (Lipinski definition) is 4. The number of pyridine rings is 1. The number of rotatable bonds is 4. The van der Waals surface area contributed by atoms with Crippen molar-refractivity contribution in [3.05, 3.63) is 70.4 Å². The van der Waals surface area contributed by atoms with Crippen molar-refractivity contribution in [2.75, 3.05) is 31.6 Å². The van der Waals surface area contributed by atoms with Gasteiger partial charge in [0.1, 0.15) is 11.6 Å². The standard InChI is InChI=1S/C21H18ClF2N3O2/c22-14-2-4-19-16(9-14)20(26-11-13-1-3-15(23)10-18(13)24)17(12-25-19)21(28)27-5-7-29-8-6-27/h1-4,9-10,12H,5-8,11H2,(H,25,26). The molecule has 29 heavy (non-hydrogen) atoms. The minimum absolute atomic E-state index is 0.0706. The topological polar surface area (TPSA) is 54.5 Å². The second-order valence-corrected chi connectivity index (χ2v) is 7.14. The van der Waals surface area contributed by atoms with E-state index in [9.17, 15) is 13.6 Å². The quantitative estimate of drug-likeness (QED) is 0.689. The van der Waals surface area contributed by atoms with Crippen molar-refractivity contribution < 1.29 is 18.3 Å². The van der Waals surface area contributed by atoms with Crippen LogP contribution in [0.25, 0.3) is 10.9 Å². The number of fused-ring (bicyclic) bond motifs is 1. The molecule has 0 spiro atoms. The number of benzene rings is 2. The van der Waals surface area contributed by atoms with E-state index in [-0.39, 0.29) is 18.0 Å². The molecule has 0 radical (unpaired) electrons. The Hall–Kier alpha value is -2.77. The van der Waals surface area contributed by atoms with Gasteiger partial charge in [-0.25, -0.2) is 8.78 Å². The number of ether oxygens (including phenoxy) is 1. The van der Waals surface area contributed by atoms with E-state index in [0.717, 1.165) is 6.07 Å². The van der Waals surface area contributed by atoms with Crippen molar-refractivity contribution in [3.63, 3.8) is 0 Å². The summed E-state index contributed by atoms with van der Waals surface area (Å²) in [5, 5.41) is 4.28. The SMILES string of the molecule is O=C(c1cnc2ccc(Cl)cc2c1NCc1ccc(F)cc1F)N1CCOCC1. The number of hydrogen-bond donors (Lipinski definition) is 1. The molecule has 5 nitrogen and oxygen atoms in total. The monoisotopic (exact) mass is 417 g/mol. The molecule has 1 aliphatic heterocycles. The summed E-state index contributed by atoms with van der Waals surface area (Å²) in [5.41, 5.74) is 1.81. The molecule has 1 fully saturated rings. The molecular weight excluding hydrogens is 400 g/mol. The molecule has 3 aromatic rings. The molecule has 0 unspecified atom stereocenters. The largest absolute Gasteiger partial charge is 0.380 e. The Morgan fingerprint density at radius 3 is 2.72 bits per heavy atom. The molecular formula is C21H18ClF2N3O2. The summed E-state index contributed by atoms with van der Waals surface area (Å²) >= 11 is 6.16. The minimum Gasteiger partial charge on any atom is -0.380 e. The average Bonchev–Trinajstić information content (AvgIpc) is 2.73. The molecule has 0 saturated carbocycles. The first-order chi connectivity index (χ1) is 14.0. The van der Waals surface area contributed by atoms with Gasteiger partial charge in [-0.15, -0.1) is 0 Å². The summed E-state index contributed by atoms with van der Waals surface area (Å²) in [5.74, 6) is -1.49. The van der Waals surface area contributed by atoms with E-state index in [1.165, 1.54) is 18.3 Å². The summed E-state index contributed by atoms with van der Waals surface area (Å²) in [6.07, 6.45) is 1.51. The molecule has 1 amide bonds. The molecule has 1 aromatic heterocycles. The summed E-state index contributed by atoms with van der Waals surface area (Å²) < 4.78 is 32.6. The molecule has 0 aliphatic carbocycles. The van der Waals surface area contributed by atoms with E-state index in [4.69, 9.17) is 16.3 Å². The van der Waals surface area contributed by atoms with Crippen molar-refractivity contribution in [1.29, 1.82) is 0 Å². The Labute approximate surface area is 171 Å². The molecule has 4 rings (SSSR count). The van der Waals surface area contributed by atoms with E-state index in [1.54, 1.807) is 23.1 Å². The first-order valence-corrected chi connectivity index (χ1v) is 9.54. The Balaban J connectivity index is 1.73. The lowest BCUT2D eigenvalue weighted by Crippen LogP contribution is -2.41. The van der Waals surface area contributed by atoms with Crippen LogP contribution >= 0.6 is 11.6 Å². The highest BCUT2D eigenvalue weighted by Crippen LogP contribution is 2.30. The van der Waals surface area contributed by atoms with Crippen LogP contribution in [0.15, 0.2) is 42.6 Å². The molecule has 2 aromatic carbocycles. The molecule has 1 saturated heterocycles. The van der Waals surface area contributed by atoms with Crippen molar-refractivity contribution >= 4 is 34.1 Å². The van der Waals surface area contributed by atoms with Crippen LogP contribution in [0.1, 0.15) is 15.9 Å². The molecule has 0 atom stereocenters. The number of nitrogens with one attached hydrogen (secondary N) is 1. The molecule has 1 N–H and O–H groups in total. The summed E-state index contributed by atoms with van der Waals surface area (Å²) in [6, 6.07) is 8.58. The molecule has 0 bridgehead atoms. The normalized spacial score (nSPS) is 14.2. The zero-order chi connectivity index (χ0) is 20.4. The van der Waals surface area contributed by atoms with Crippen molar-refractivity contribution in [3.8, 4) is 0 Å². The van der Waals surface area contributed by atoms with Crippen LogP contribution in [0.4, 0.5) is 14.5 Å². The Bertz CT molecular complexity index is 1070. The second kappa shape index (κ2) is 8.31. The molecule has 8 heteroatoms. The molecule has 2 heterocycles. The fourth-order valence-electron chi connectivity index (χ4n) is 3.30.